The van der Waals surface area contributed by atoms with Gasteiger partial charge in [-0.3, -0.25) is 0 Å². The van der Waals surface area contributed by atoms with Gasteiger partial charge in [0.05, 0.1) is 0 Å². The molecule has 7 aromatic rings. The van der Waals surface area contributed by atoms with Gasteiger partial charge in [0.25, 0.3) is 0 Å². The minimum absolute atomic E-state index is 0. The molecule has 0 aliphatic heterocycles. The SMILES string of the molecule is CC1(C)c2ncc[c-]c2-c2nccc3c2c1cc1c2ccccc2ccc31.[Ir].[c-]1ccccc1-c1ccccn1. The average molecular weight is 692 g/mol. The van der Waals surface area contributed by atoms with Crippen LogP contribution in [0, 0.1) is 12.1 Å². The van der Waals surface area contributed by atoms with Crippen molar-refractivity contribution in [3.63, 3.8) is 0 Å². The fourth-order valence-electron chi connectivity index (χ4n) is 5.77. The Morgan fingerprint density at radius 1 is 0.625 bits per heavy atom. The molecule has 0 amide bonds. The zero-order valence-electron chi connectivity index (χ0n) is 22.1. The number of benzene rings is 4. The van der Waals surface area contributed by atoms with Gasteiger partial charge in [0.2, 0.25) is 0 Å². The van der Waals surface area contributed by atoms with Crippen LogP contribution in [-0.2, 0) is 25.5 Å². The number of aromatic nitrogens is 3. The predicted octanol–water partition coefficient (Wildman–Crippen LogP) is 8.59. The van der Waals surface area contributed by atoms with Crippen molar-refractivity contribution in [1.29, 1.82) is 0 Å². The summed E-state index contributed by atoms with van der Waals surface area (Å²) in [5.41, 5.74) is 6.19. The van der Waals surface area contributed by atoms with Crippen molar-refractivity contribution in [3.8, 4) is 22.5 Å². The van der Waals surface area contributed by atoms with Crippen LogP contribution in [0.1, 0.15) is 25.1 Å². The van der Waals surface area contributed by atoms with Crippen molar-refractivity contribution in [1.82, 2.24) is 15.0 Å². The molecular formula is C36H25IrN3-2. The molecule has 0 bridgehead atoms. The quantitative estimate of drug-likeness (QED) is 0.128. The van der Waals surface area contributed by atoms with Crippen molar-refractivity contribution in [2.45, 2.75) is 19.3 Å². The Balaban J connectivity index is 0.000000188. The summed E-state index contributed by atoms with van der Waals surface area (Å²) in [6.07, 6.45) is 5.54. The molecule has 3 heterocycles. The van der Waals surface area contributed by atoms with E-state index in [2.05, 4.69) is 79.5 Å². The first-order chi connectivity index (χ1) is 19.1. The molecule has 1 aliphatic rings. The molecule has 0 saturated heterocycles. The number of hydrogen-bond donors (Lipinski definition) is 0. The summed E-state index contributed by atoms with van der Waals surface area (Å²) < 4.78 is 0. The first-order valence-corrected chi connectivity index (χ1v) is 13.1. The van der Waals surface area contributed by atoms with E-state index in [0.29, 0.717) is 0 Å². The van der Waals surface area contributed by atoms with Gasteiger partial charge in [0.1, 0.15) is 0 Å². The molecular weight excluding hydrogens is 667 g/mol. The molecule has 40 heavy (non-hydrogen) atoms. The zero-order valence-corrected chi connectivity index (χ0v) is 24.5. The molecule has 195 valence electrons. The minimum Gasteiger partial charge on any atom is -0.356 e. The van der Waals surface area contributed by atoms with E-state index in [9.17, 15) is 0 Å². The van der Waals surface area contributed by atoms with Crippen molar-refractivity contribution >= 4 is 32.3 Å². The second-order valence-electron chi connectivity index (χ2n) is 10.3. The molecule has 0 N–H and O–H groups in total. The van der Waals surface area contributed by atoms with Gasteiger partial charge in [0, 0.05) is 32.5 Å². The maximum absolute atomic E-state index is 4.74. The van der Waals surface area contributed by atoms with Crippen molar-refractivity contribution in [2.75, 3.05) is 0 Å². The van der Waals surface area contributed by atoms with Crippen LogP contribution in [-0.4, -0.2) is 15.0 Å². The molecule has 0 unspecified atom stereocenters. The number of fused-ring (bicyclic) bond motifs is 6. The molecule has 4 aromatic carbocycles. The monoisotopic (exact) mass is 692 g/mol. The Hall–Kier alpha value is -4.24. The summed E-state index contributed by atoms with van der Waals surface area (Å²) in [6, 6.07) is 39.7. The summed E-state index contributed by atoms with van der Waals surface area (Å²) in [5.74, 6) is 0. The van der Waals surface area contributed by atoms with Gasteiger partial charge in [-0.05, 0) is 72.5 Å². The second kappa shape index (κ2) is 10.4. The fourth-order valence-corrected chi connectivity index (χ4v) is 5.77. The van der Waals surface area contributed by atoms with E-state index < -0.39 is 0 Å². The maximum Gasteiger partial charge on any atom is 0.0167 e. The summed E-state index contributed by atoms with van der Waals surface area (Å²) in [4.78, 5) is 13.7. The van der Waals surface area contributed by atoms with Gasteiger partial charge in [-0.2, -0.15) is 0 Å². The Kier molecular flexibility index (Phi) is 6.75. The van der Waals surface area contributed by atoms with Gasteiger partial charge in [-0.25, -0.2) is 0 Å². The summed E-state index contributed by atoms with van der Waals surface area (Å²) in [7, 11) is 0. The van der Waals surface area contributed by atoms with Crippen molar-refractivity contribution in [2.24, 2.45) is 0 Å². The first kappa shape index (κ1) is 26.0. The summed E-state index contributed by atoms with van der Waals surface area (Å²) >= 11 is 0. The number of hydrogen-bond acceptors (Lipinski definition) is 3. The standard InChI is InChI=1S/C25H17N2.C11H8N.Ir/c1-25(2)21-14-20-16-7-4-3-6-15(16)9-10-17(20)18-11-13-26-23(22(18)21)19-8-5-12-27-24(19)25;1-2-6-10(7-3-1)11-8-4-5-9-12-11;/h3-7,9-14H,1-2H3;1-6,8-9H;/q2*-1;. The molecule has 0 fully saturated rings. The van der Waals surface area contributed by atoms with E-state index in [-0.39, 0.29) is 25.5 Å². The molecule has 0 saturated carbocycles. The molecule has 1 radical (unpaired) electrons. The van der Waals surface area contributed by atoms with Gasteiger partial charge in [0.15, 0.2) is 0 Å². The van der Waals surface area contributed by atoms with Crippen LogP contribution >= 0.6 is 0 Å². The Morgan fingerprint density at radius 2 is 1.48 bits per heavy atom. The molecule has 8 rings (SSSR count). The largest absolute Gasteiger partial charge is 0.356 e. The molecule has 3 aromatic heterocycles. The molecule has 3 nitrogen and oxygen atoms in total. The van der Waals surface area contributed by atoms with Crippen molar-refractivity contribution in [3.05, 3.63) is 139 Å². The van der Waals surface area contributed by atoms with Gasteiger partial charge >= 0.3 is 0 Å². The van der Waals surface area contributed by atoms with Crippen LogP contribution in [0.2, 0.25) is 0 Å². The first-order valence-electron chi connectivity index (χ1n) is 13.1. The fraction of sp³-hybridized carbons (Fsp3) is 0.0833. The topological polar surface area (TPSA) is 38.7 Å². The Morgan fingerprint density at radius 3 is 2.30 bits per heavy atom. The maximum atomic E-state index is 4.74. The van der Waals surface area contributed by atoms with Gasteiger partial charge in [-0.1, -0.05) is 74.6 Å². The zero-order chi connectivity index (χ0) is 26.4. The van der Waals surface area contributed by atoms with E-state index in [0.717, 1.165) is 28.2 Å². The van der Waals surface area contributed by atoms with Crippen LogP contribution < -0.4 is 0 Å². The molecule has 1 aliphatic carbocycles. The minimum atomic E-state index is -0.202. The normalized spacial score (nSPS) is 12.8. The van der Waals surface area contributed by atoms with E-state index in [4.69, 9.17) is 9.97 Å². The van der Waals surface area contributed by atoms with E-state index >= 15 is 0 Å². The average Bonchev–Trinajstić information content (AvgIpc) is 3.01. The van der Waals surface area contributed by atoms with E-state index in [1.807, 2.05) is 60.9 Å². The Bertz CT molecular complexity index is 1950. The number of nitrogens with zero attached hydrogens (tertiary/aromatic N) is 3. The number of pyridine rings is 3. The van der Waals surface area contributed by atoms with E-state index in [1.54, 1.807) is 6.20 Å². The molecule has 0 atom stereocenters. The van der Waals surface area contributed by atoms with Gasteiger partial charge < -0.3 is 15.0 Å². The summed E-state index contributed by atoms with van der Waals surface area (Å²) in [6.45, 7) is 4.52. The van der Waals surface area contributed by atoms with Crippen LogP contribution in [0.5, 0.6) is 0 Å². The predicted molar refractivity (Wildman–Crippen MR) is 159 cm³/mol. The van der Waals surface area contributed by atoms with Gasteiger partial charge in [-0.15, -0.1) is 53.6 Å². The van der Waals surface area contributed by atoms with Crippen LogP contribution in [0.15, 0.2) is 116 Å². The van der Waals surface area contributed by atoms with Crippen LogP contribution in [0.25, 0.3) is 54.8 Å². The second-order valence-corrected chi connectivity index (χ2v) is 10.3. The Labute approximate surface area is 247 Å². The third-order valence-electron chi connectivity index (χ3n) is 7.66. The van der Waals surface area contributed by atoms with E-state index in [1.165, 1.54) is 37.9 Å². The van der Waals surface area contributed by atoms with Crippen LogP contribution in [0.4, 0.5) is 0 Å². The van der Waals surface area contributed by atoms with Crippen molar-refractivity contribution < 1.29 is 20.1 Å². The smallest absolute Gasteiger partial charge is 0.0167 e. The van der Waals surface area contributed by atoms with Crippen LogP contribution in [0.3, 0.4) is 0 Å². The number of rotatable bonds is 1. The third kappa shape index (κ3) is 4.21. The summed E-state index contributed by atoms with van der Waals surface area (Å²) in [5, 5.41) is 7.63. The molecule has 4 heteroatoms. The third-order valence-corrected chi connectivity index (χ3v) is 7.66. The molecule has 0 spiro atoms.